The molecule has 1 aromatic heterocycles. The number of hydrazine groups is 1. The maximum absolute atomic E-state index is 12.5. The third kappa shape index (κ3) is 3.80. The summed E-state index contributed by atoms with van der Waals surface area (Å²) < 4.78 is 0. The van der Waals surface area contributed by atoms with E-state index >= 15 is 0 Å². The van der Waals surface area contributed by atoms with E-state index in [0.29, 0.717) is 5.01 Å². The second kappa shape index (κ2) is 7.20. The Balaban J connectivity index is 1.76. The Morgan fingerprint density at radius 1 is 1.36 bits per heavy atom. The molecule has 1 aliphatic heterocycles. The van der Waals surface area contributed by atoms with Crippen LogP contribution >= 0.6 is 11.3 Å². The number of nitrogens with zero attached hydrogens (tertiary/aromatic N) is 3. The minimum absolute atomic E-state index is 0.298. The van der Waals surface area contributed by atoms with Crippen LogP contribution in [0.15, 0.2) is 30.3 Å². The molecule has 2 aromatic rings. The Bertz CT molecular complexity index is 777. The van der Waals surface area contributed by atoms with Crippen LogP contribution in [0.4, 0.5) is 4.79 Å². The molecule has 1 aromatic carbocycles. The first-order chi connectivity index (χ1) is 12.0. The molecule has 8 heteroatoms. The molecule has 25 heavy (non-hydrogen) atoms. The summed E-state index contributed by atoms with van der Waals surface area (Å²) >= 11 is 1.32. The molecule has 0 saturated carbocycles. The van der Waals surface area contributed by atoms with Crippen LogP contribution in [0.1, 0.15) is 38.9 Å². The molecule has 7 nitrogen and oxygen atoms in total. The molecule has 2 amide bonds. The van der Waals surface area contributed by atoms with E-state index in [2.05, 4.69) is 15.3 Å². The van der Waals surface area contributed by atoms with E-state index in [1.807, 2.05) is 37.4 Å². The van der Waals surface area contributed by atoms with Gasteiger partial charge in [0.2, 0.25) is 0 Å². The topological polar surface area (TPSA) is 85.8 Å². The highest BCUT2D eigenvalue weighted by Crippen LogP contribution is 2.25. The highest BCUT2D eigenvalue weighted by Gasteiger charge is 2.26. The minimum Gasteiger partial charge on any atom is -0.464 e. The summed E-state index contributed by atoms with van der Waals surface area (Å²) in [6, 6.07) is 8.66. The molecule has 1 aliphatic rings. The molecule has 0 radical (unpaired) electrons. The number of aromatic nitrogens is 1. The zero-order chi connectivity index (χ0) is 18.0. The van der Waals surface area contributed by atoms with Gasteiger partial charge in [0.15, 0.2) is 5.01 Å². The van der Waals surface area contributed by atoms with Gasteiger partial charge in [-0.2, -0.15) is 0 Å². The number of amides is 2. The molecule has 132 valence electrons. The second-order valence-corrected chi connectivity index (χ2v) is 7.14. The lowest BCUT2D eigenvalue weighted by molar-refractivity contribution is 0.0666. The fraction of sp³-hybridized carbons (Fsp3) is 0.353. The van der Waals surface area contributed by atoms with Gasteiger partial charge in [-0.3, -0.25) is 10.2 Å². The lowest BCUT2D eigenvalue weighted by atomic mass is 10.1. The highest BCUT2D eigenvalue weighted by molar-refractivity contribution is 7.13. The van der Waals surface area contributed by atoms with E-state index in [1.165, 1.54) is 11.3 Å². The van der Waals surface area contributed by atoms with Gasteiger partial charge >= 0.3 is 6.09 Å². The predicted octanol–water partition coefficient (Wildman–Crippen LogP) is 2.52. The summed E-state index contributed by atoms with van der Waals surface area (Å²) in [6.45, 7) is 3.40. The van der Waals surface area contributed by atoms with E-state index in [9.17, 15) is 14.7 Å². The maximum atomic E-state index is 12.5. The number of carboxylic acid groups (broad SMARTS) is 1. The fourth-order valence-electron chi connectivity index (χ4n) is 2.77. The number of nitrogens with one attached hydrogen (secondary N) is 1. The van der Waals surface area contributed by atoms with E-state index in [4.69, 9.17) is 0 Å². The van der Waals surface area contributed by atoms with Crippen LogP contribution in [0.2, 0.25) is 0 Å². The molecule has 1 unspecified atom stereocenters. The van der Waals surface area contributed by atoms with Crippen LogP contribution < -0.4 is 5.43 Å². The van der Waals surface area contributed by atoms with Crippen LogP contribution in [-0.4, -0.2) is 45.6 Å². The van der Waals surface area contributed by atoms with Crippen molar-refractivity contribution in [3.05, 3.63) is 51.5 Å². The first kappa shape index (κ1) is 17.4. The molecule has 0 aliphatic carbocycles. The number of hydrogen-bond acceptors (Lipinski definition) is 5. The molecule has 0 bridgehead atoms. The van der Waals surface area contributed by atoms with E-state index in [-0.39, 0.29) is 0 Å². The summed E-state index contributed by atoms with van der Waals surface area (Å²) in [5.41, 5.74) is 4.21. The average molecular weight is 360 g/mol. The third-order valence-corrected chi connectivity index (χ3v) is 5.29. The monoisotopic (exact) mass is 360 g/mol. The fourth-order valence-corrected chi connectivity index (χ4v) is 3.85. The van der Waals surface area contributed by atoms with Crippen LogP contribution in [0, 0.1) is 0 Å². The molecule has 2 N–H and O–H groups in total. The van der Waals surface area contributed by atoms with Gasteiger partial charge in [-0.05, 0) is 19.5 Å². The summed E-state index contributed by atoms with van der Waals surface area (Å²) in [5.74, 6) is -0.493. The normalized spacial score (nSPS) is 15.3. The summed E-state index contributed by atoms with van der Waals surface area (Å²) in [5, 5.41) is 10.7. The van der Waals surface area contributed by atoms with Crippen molar-refractivity contribution in [2.24, 2.45) is 0 Å². The molecule has 1 atom stereocenters. The molecule has 0 fully saturated rings. The van der Waals surface area contributed by atoms with Gasteiger partial charge in [0.25, 0.3) is 5.91 Å². The van der Waals surface area contributed by atoms with E-state index < -0.39 is 18.0 Å². The van der Waals surface area contributed by atoms with E-state index in [0.717, 1.165) is 40.7 Å². The van der Waals surface area contributed by atoms with Crippen LogP contribution in [0.3, 0.4) is 0 Å². The van der Waals surface area contributed by atoms with Gasteiger partial charge < -0.3 is 10.0 Å². The summed E-state index contributed by atoms with van der Waals surface area (Å²) in [4.78, 5) is 31.7. The van der Waals surface area contributed by atoms with Crippen molar-refractivity contribution in [2.75, 3.05) is 13.6 Å². The zero-order valence-electron chi connectivity index (χ0n) is 14.1. The van der Waals surface area contributed by atoms with Crippen molar-refractivity contribution in [2.45, 2.75) is 25.9 Å². The number of fused-ring (bicyclic) bond motifs is 1. The lowest BCUT2D eigenvalue weighted by Gasteiger charge is -2.26. The molecular formula is C17H20N4O3S. The predicted molar refractivity (Wildman–Crippen MR) is 94.3 cm³/mol. The summed E-state index contributed by atoms with van der Waals surface area (Å²) in [6.07, 6.45) is -0.413. The lowest BCUT2D eigenvalue weighted by Crippen LogP contribution is -2.46. The van der Waals surface area contributed by atoms with Crippen molar-refractivity contribution in [1.29, 1.82) is 0 Å². The quantitative estimate of drug-likeness (QED) is 0.822. The first-order valence-corrected chi connectivity index (χ1v) is 8.82. The number of likely N-dealkylation sites (N-methyl/N-ethyl adjacent to an activating group) is 1. The molecular weight excluding hydrogens is 340 g/mol. The van der Waals surface area contributed by atoms with Gasteiger partial charge in [0.1, 0.15) is 0 Å². The Hall–Kier alpha value is -2.45. The van der Waals surface area contributed by atoms with Crippen LogP contribution in [0.5, 0.6) is 0 Å². The number of carbonyl (C=O) groups is 2. The van der Waals surface area contributed by atoms with Gasteiger partial charge in [-0.25, -0.2) is 14.8 Å². The Labute approximate surface area is 149 Å². The number of hydrogen-bond donors (Lipinski definition) is 2. The summed E-state index contributed by atoms with van der Waals surface area (Å²) in [7, 11) is 2.02. The Morgan fingerprint density at radius 3 is 2.76 bits per heavy atom. The van der Waals surface area contributed by atoms with E-state index in [1.54, 1.807) is 6.92 Å². The van der Waals surface area contributed by atoms with Crippen LogP contribution in [0.25, 0.3) is 0 Å². The standard InChI is InChI=1S/C17H20N4O3S/c1-11(12-6-4-3-5-7-12)21(17(23)24)19-15(22)16-18-13-8-9-20(2)10-14(13)25-16/h3-7,11H,8-10H2,1-2H3,(H,19,22)(H,23,24). The number of carbonyl (C=O) groups excluding carboxylic acids is 1. The van der Waals surface area contributed by atoms with Crippen molar-refractivity contribution in [3.63, 3.8) is 0 Å². The van der Waals surface area contributed by atoms with Crippen molar-refractivity contribution >= 4 is 23.3 Å². The third-order valence-electron chi connectivity index (χ3n) is 4.21. The first-order valence-electron chi connectivity index (χ1n) is 8.01. The SMILES string of the molecule is CC(c1ccccc1)N(NC(=O)c1nc2c(s1)CN(C)CC2)C(=O)O. The molecule has 2 heterocycles. The Kier molecular flexibility index (Phi) is 5.00. The van der Waals surface area contributed by atoms with Crippen molar-refractivity contribution in [3.8, 4) is 0 Å². The maximum Gasteiger partial charge on any atom is 0.426 e. The molecule has 3 rings (SSSR count). The van der Waals surface area contributed by atoms with Gasteiger partial charge in [-0.15, -0.1) is 11.3 Å². The van der Waals surface area contributed by atoms with Gasteiger partial charge in [0, 0.05) is 24.4 Å². The largest absolute Gasteiger partial charge is 0.464 e. The smallest absolute Gasteiger partial charge is 0.426 e. The number of thiazole rings is 1. The zero-order valence-corrected chi connectivity index (χ0v) is 14.9. The van der Waals surface area contributed by atoms with Crippen molar-refractivity contribution in [1.82, 2.24) is 20.3 Å². The minimum atomic E-state index is -1.22. The van der Waals surface area contributed by atoms with Crippen LogP contribution in [-0.2, 0) is 13.0 Å². The Morgan fingerprint density at radius 2 is 2.08 bits per heavy atom. The average Bonchev–Trinajstić information content (AvgIpc) is 3.02. The number of rotatable bonds is 3. The van der Waals surface area contributed by atoms with Gasteiger partial charge in [0.05, 0.1) is 11.7 Å². The number of benzene rings is 1. The second-order valence-electron chi connectivity index (χ2n) is 6.06. The molecule has 0 spiro atoms. The highest BCUT2D eigenvalue weighted by atomic mass is 32.1. The van der Waals surface area contributed by atoms with Crippen molar-refractivity contribution < 1.29 is 14.7 Å². The molecule has 0 saturated heterocycles. The van der Waals surface area contributed by atoms with Gasteiger partial charge in [-0.1, -0.05) is 30.3 Å².